The number of aliphatic carboxylic acids is 2. The third-order valence-corrected chi connectivity index (χ3v) is 5.06. The van der Waals surface area contributed by atoms with Crippen molar-refractivity contribution in [2.75, 3.05) is 12.3 Å². The number of carbonyl (C=O) groups excluding carboxylic acids is 4. The molecule has 0 aromatic carbocycles. The molecule has 0 fully saturated rings. The summed E-state index contributed by atoms with van der Waals surface area (Å²) >= 11 is 4.02. The Morgan fingerprint density at radius 3 is 1.82 bits per heavy atom. The second kappa shape index (κ2) is 16.7. The lowest BCUT2D eigenvalue weighted by Gasteiger charge is -2.24. The zero-order valence-corrected chi connectivity index (χ0v) is 19.6. The van der Waals surface area contributed by atoms with Crippen LogP contribution in [0.5, 0.6) is 0 Å². The minimum atomic E-state index is -1.31. The van der Waals surface area contributed by atoms with Crippen molar-refractivity contribution in [3.8, 4) is 0 Å². The second-order valence-electron chi connectivity index (χ2n) is 7.53. The number of thiol groups is 1. The molecule has 15 heteroatoms. The number of carboxylic acid groups (broad SMARTS) is 2. The van der Waals surface area contributed by atoms with E-state index < -0.39 is 59.7 Å². The van der Waals surface area contributed by atoms with Crippen LogP contribution in [-0.2, 0) is 28.8 Å². The zero-order chi connectivity index (χ0) is 26.3. The molecule has 0 saturated carbocycles. The number of nitrogens with one attached hydrogen (secondary N) is 3. The number of nitrogens with two attached hydrogens (primary N) is 3. The quantitative estimate of drug-likeness (QED) is 0.0674. The Morgan fingerprint density at radius 2 is 1.32 bits per heavy atom. The summed E-state index contributed by atoms with van der Waals surface area (Å²) in [7, 11) is 0. The minimum absolute atomic E-state index is 0.136. The van der Waals surface area contributed by atoms with Gasteiger partial charge in [0.2, 0.25) is 23.6 Å². The number of hydrogen-bond donors (Lipinski definition) is 9. The highest BCUT2D eigenvalue weighted by Crippen LogP contribution is 2.04. The Labute approximate surface area is 202 Å². The first-order valence-electron chi connectivity index (χ1n) is 10.6. The summed E-state index contributed by atoms with van der Waals surface area (Å²) in [5.41, 5.74) is 16.1. The van der Waals surface area contributed by atoms with Crippen molar-refractivity contribution in [2.24, 2.45) is 17.2 Å². The highest BCUT2D eigenvalue weighted by molar-refractivity contribution is 7.80. The first kappa shape index (κ1) is 31.1. The zero-order valence-electron chi connectivity index (χ0n) is 18.7. The molecule has 0 aromatic heterocycles. The van der Waals surface area contributed by atoms with Crippen molar-refractivity contribution in [1.82, 2.24) is 16.0 Å². The average Bonchev–Trinajstić information content (AvgIpc) is 2.76. The topological polar surface area (TPSA) is 257 Å². The molecule has 4 atom stereocenters. The largest absolute Gasteiger partial charge is 0.481 e. The molecule has 0 aliphatic heterocycles. The summed E-state index contributed by atoms with van der Waals surface area (Å²) in [5, 5.41) is 25.0. The lowest BCUT2D eigenvalue weighted by molar-refractivity contribution is -0.142. The standard InChI is InChI=1S/C19H34N6O8S/c20-8-2-1-3-12(19(32)33)24-18(31)13(9-34)25-17(30)11(5-6-14(22)26)23-16(29)10(21)4-7-15(27)28/h10-13,34H,1-9,20-21H2,(H2,22,26)(H,23,29)(H,24,31)(H,25,30)(H,27,28)(H,32,33). The first-order valence-corrected chi connectivity index (χ1v) is 11.3. The van der Waals surface area contributed by atoms with Crippen molar-refractivity contribution in [2.45, 2.75) is 69.1 Å². The van der Waals surface area contributed by atoms with Gasteiger partial charge in [-0.05, 0) is 38.6 Å². The van der Waals surface area contributed by atoms with Gasteiger partial charge in [0.25, 0.3) is 0 Å². The molecule has 0 aromatic rings. The van der Waals surface area contributed by atoms with Crippen LogP contribution in [0.3, 0.4) is 0 Å². The fourth-order valence-electron chi connectivity index (χ4n) is 2.73. The van der Waals surface area contributed by atoms with E-state index >= 15 is 0 Å². The van der Waals surface area contributed by atoms with Crippen molar-refractivity contribution < 1.29 is 39.0 Å². The third-order valence-electron chi connectivity index (χ3n) is 4.70. The van der Waals surface area contributed by atoms with E-state index in [4.69, 9.17) is 22.3 Å². The molecule has 4 unspecified atom stereocenters. The van der Waals surface area contributed by atoms with Crippen LogP contribution in [0, 0.1) is 0 Å². The average molecular weight is 507 g/mol. The van der Waals surface area contributed by atoms with Gasteiger partial charge in [0, 0.05) is 18.6 Å². The number of carboxylic acids is 2. The van der Waals surface area contributed by atoms with Gasteiger partial charge in [0.15, 0.2) is 0 Å². The molecular weight excluding hydrogens is 472 g/mol. The Balaban J connectivity index is 5.24. The van der Waals surface area contributed by atoms with Gasteiger partial charge >= 0.3 is 11.9 Å². The molecular formula is C19H34N6O8S. The fraction of sp³-hybridized carbons (Fsp3) is 0.684. The van der Waals surface area contributed by atoms with Crippen LogP contribution in [0.4, 0.5) is 0 Å². The molecule has 0 spiro atoms. The first-order chi connectivity index (χ1) is 15.9. The molecule has 0 rings (SSSR count). The number of primary amides is 1. The lowest BCUT2D eigenvalue weighted by atomic mass is 10.1. The van der Waals surface area contributed by atoms with Crippen molar-refractivity contribution in [3.05, 3.63) is 0 Å². The van der Waals surface area contributed by atoms with Crippen molar-refractivity contribution in [3.63, 3.8) is 0 Å². The number of rotatable bonds is 18. The molecule has 0 bridgehead atoms. The van der Waals surface area contributed by atoms with Crippen LogP contribution >= 0.6 is 12.6 Å². The Morgan fingerprint density at radius 1 is 0.765 bits per heavy atom. The summed E-state index contributed by atoms with van der Waals surface area (Å²) in [4.78, 5) is 70.7. The lowest BCUT2D eigenvalue weighted by Crippen LogP contribution is -2.57. The van der Waals surface area contributed by atoms with Gasteiger partial charge in [-0.25, -0.2) is 4.79 Å². The van der Waals surface area contributed by atoms with Crippen molar-refractivity contribution in [1.29, 1.82) is 0 Å². The number of carbonyl (C=O) groups is 6. The van der Waals surface area contributed by atoms with E-state index in [-0.39, 0.29) is 37.9 Å². The molecule has 0 aliphatic rings. The van der Waals surface area contributed by atoms with E-state index in [0.29, 0.717) is 19.4 Å². The predicted molar refractivity (Wildman–Crippen MR) is 123 cm³/mol. The maximum Gasteiger partial charge on any atom is 0.326 e. The van der Waals surface area contributed by atoms with Crippen LogP contribution in [-0.4, -0.2) is 82.2 Å². The summed E-state index contributed by atoms with van der Waals surface area (Å²) in [6.45, 7) is 0.369. The van der Waals surface area contributed by atoms with E-state index in [0.717, 1.165) is 0 Å². The smallest absolute Gasteiger partial charge is 0.326 e. The number of amides is 4. The highest BCUT2D eigenvalue weighted by Gasteiger charge is 2.30. The minimum Gasteiger partial charge on any atom is -0.481 e. The van der Waals surface area contributed by atoms with E-state index in [9.17, 15) is 33.9 Å². The van der Waals surface area contributed by atoms with Gasteiger partial charge < -0.3 is 43.4 Å². The summed E-state index contributed by atoms with van der Waals surface area (Å²) < 4.78 is 0. The third kappa shape index (κ3) is 13.0. The molecule has 0 radical (unpaired) electrons. The van der Waals surface area contributed by atoms with Crippen molar-refractivity contribution >= 4 is 48.2 Å². The summed E-state index contributed by atoms with van der Waals surface area (Å²) in [6, 6.07) is -4.99. The van der Waals surface area contributed by atoms with E-state index in [2.05, 4.69) is 28.6 Å². The van der Waals surface area contributed by atoms with E-state index in [1.165, 1.54) is 0 Å². The Bertz CT molecular complexity index is 738. The SMILES string of the molecule is NCCCCC(NC(=O)C(CS)NC(=O)C(CCC(N)=O)NC(=O)C(N)CCC(=O)O)C(=O)O. The second-order valence-corrected chi connectivity index (χ2v) is 7.90. The van der Waals surface area contributed by atoms with Crippen LogP contribution in [0.15, 0.2) is 0 Å². The summed E-state index contributed by atoms with van der Waals surface area (Å²) in [6.07, 6.45) is 0.131. The van der Waals surface area contributed by atoms with Crippen LogP contribution in [0.2, 0.25) is 0 Å². The molecule has 4 amide bonds. The normalized spacial score (nSPS) is 14.2. The van der Waals surface area contributed by atoms with Gasteiger partial charge in [-0.2, -0.15) is 12.6 Å². The highest BCUT2D eigenvalue weighted by atomic mass is 32.1. The van der Waals surface area contributed by atoms with E-state index in [1.807, 2.05) is 0 Å². The number of unbranched alkanes of at least 4 members (excludes halogenated alkanes) is 1. The molecule has 194 valence electrons. The van der Waals surface area contributed by atoms with Gasteiger partial charge in [-0.3, -0.25) is 24.0 Å². The van der Waals surface area contributed by atoms with Crippen LogP contribution in [0.1, 0.15) is 44.9 Å². The maximum atomic E-state index is 12.7. The predicted octanol–water partition coefficient (Wildman–Crippen LogP) is -2.96. The van der Waals surface area contributed by atoms with Gasteiger partial charge in [-0.1, -0.05) is 0 Å². The molecule has 0 heterocycles. The number of hydrogen-bond acceptors (Lipinski definition) is 9. The molecule has 14 nitrogen and oxygen atoms in total. The fourth-order valence-corrected chi connectivity index (χ4v) is 2.99. The van der Waals surface area contributed by atoms with Gasteiger partial charge in [0.1, 0.15) is 18.1 Å². The monoisotopic (exact) mass is 506 g/mol. The van der Waals surface area contributed by atoms with Crippen LogP contribution in [0.25, 0.3) is 0 Å². The maximum absolute atomic E-state index is 12.7. The van der Waals surface area contributed by atoms with Gasteiger partial charge in [-0.15, -0.1) is 0 Å². The molecule has 34 heavy (non-hydrogen) atoms. The van der Waals surface area contributed by atoms with Crippen LogP contribution < -0.4 is 33.2 Å². The molecule has 0 saturated heterocycles. The summed E-state index contributed by atoms with van der Waals surface area (Å²) in [5.74, 6) is -5.84. The van der Waals surface area contributed by atoms with Gasteiger partial charge in [0.05, 0.1) is 6.04 Å². The molecule has 0 aliphatic carbocycles. The van der Waals surface area contributed by atoms with E-state index in [1.54, 1.807) is 0 Å². The molecule has 11 N–H and O–H groups in total. The Kier molecular flexibility index (Phi) is 15.2. The Hall–Kier alpha value is -2.91.